The molecule has 40 heavy (non-hydrogen) atoms. The van der Waals surface area contributed by atoms with Crippen LogP contribution < -0.4 is 11.1 Å². The van der Waals surface area contributed by atoms with Gasteiger partial charge in [-0.3, -0.25) is 9.79 Å². The minimum atomic E-state index is -5.08. The second-order valence-electron chi connectivity index (χ2n) is 9.63. The summed E-state index contributed by atoms with van der Waals surface area (Å²) in [4.78, 5) is 30.0. The number of anilines is 1. The summed E-state index contributed by atoms with van der Waals surface area (Å²) < 4.78 is 85.0. The van der Waals surface area contributed by atoms with Crippen LogP contribution in [-0.4, -0.2) is 59.6 Å². The van der Waals surface area contributed by atoms with Crippen LogP contribution in [0.15, 0.2) is 35.5 Å². The monoisotopic (exact) mass is 612 g/mol. The van der Waals surface area contributed by atoms with Crippen LogP contribution in [0.1, 0.15) is 55.2 Å². The Hall–Kier alpha value is -3.33. The normalized spacial score (nSPS) is 19.7. The molecular weight excluding hydrogens is 587 g/mol. The van der Waals surface area contributed by atoms with Crippen molar-refractivity contribution < 1.29 is 45.1 Å². The average molecular weight is 613 g/mol. The number of sulfone groups is 1. The number of alkyl halides is 4. The Labute approximate surface area is 231 Å². The molecule has 4 N–H and O–H groups in total. The van der Waals surface area contributed by atoms with Crippen molar-refractivity contribution >= 4 is 44.8 Å². The number of carboxylic acids is 1. The predicted molar refractivity (Wildman–Crippen MR) is 139 cm³/mol. The number of carboxylic acid groups (broad SMARTS) is 1. The molecule has 3 rings (SSSR count). The van der Waals surface area contributed by atoms with Crippen molar-refractivity contribution in [3.05, 3.63) is 58.1 Å². The zero-order valence-corrected chi connectivity index (χ0v) is 23.2. The van der Waals surface area contributed by atoms with Crippen LogP contribution in [0.2, 0.25) is 5.02 Å². The molecular formula is C24H26ClF5N4O5S. The highest BCUT2D eigenvalue weighted by Crippen LogP contribution is 2.39. The van der Waals surface area contributed by atoms with Gasteiger partial charge in [0.1, 0.15) is 34.3 Å². The molecule has 220 valence electrons. The van der Waals surface area contributed by atoms with Crippen LogP contribution in [0, 0.1) is 5.82 Å². The van der Waals surface area contributed by atoms with Crippen molar-refractivity contribution in [2.24, 2.45) is 10.7 Å². The van der Waals surface area contributed by atoms with Crippen LogP contribution >= 0.6 is 11.6 Å². The largest absolute Gasteiger partial charge is 0.490 e. The number of hydrogen-bond donors (Lipinski definition) is 3. The summed E-state index contributed by atoms with van der Waals surface area (Å²) in [7, 11) is -3.97. The highest BCUT2D eigenvalue weighted by molar-refractivity contribution is 7.93. The minimum Gasteiger partial charge on any atom is -0.475 e. The molecule has 1 amide bonds. The first-order chi connectivity index (χ1) is 18.2. The van der Waals surface area contributed by atoms with Crippen LogP contribution in [0.4, 0.5) is 27.6 Å². The van der Waals surface area contributed by atoms with Crippen LogP contribution in [0.5, 0.6) is 0 Å². The van der Waals surface area contributed by atoms with Gasteiger partial charge in [0.05, 0.1) is 10.8 Å². The summed E-state index contributed by atoms with van der Waals surface area (Å²) in [6, 6.07) is 5.10. The number of hydrogen-bond acceptors (Lipinski definition) is 7. The summed E-state index contributed by atoms with van der Waals surface area (Å²) >= 11 is 5.99. The minimum absolute atomic E-state index is 0.0522. The number of aromatic nitrogens is 1. The summed E-state index contributed by atoms with van der Waals surface area (Å²) in [6.07, 6.45) is -3.75. The number of carbonyl (C=O) groups is 2. The number of halogens is 6. The van der Waals surface area contributed by atoms with Crippen molar-refractivity contribution in [1.82, 2.24) is 4.98 Å². The molecule has 0 radical (unpaired) electrons. The van der Waals surface area contributed by atoms with Gasteiger partial charge in [-0.1, -0.05) is 25.4 Å². The number of rotatable bonds is 5. The average Bonchev–Trinajstić information content (AvgIpc) is 2.83. The number of amides is 1. The molecule has 0 bridgehead atoms. The molecule has 0 fully saturated rings. The fraction of sp³-hybridized carbons (Fsp3) is 0.417. The molecule has 0 unspecified atom stereocenters. The number of pyridine rings is 1. The van der Waals surface area contributed by atoms with E-state index in [2.05, 4.69) is 15.3 Å². The molecule has 0 saturated heterocycles. The summed E-state index contributed by atoms with van der Waals surface area (Å²) in [5.74, 6) is -5.34. The van der Waals surface area contributed by atoms with E-state index in [9.17, 15) is 35.2 Å². The van der Waals surface area contributed by atoms with Crippen LogP contribution in [0.25, 0.3) is 0 Å². The molecule has 1 atom stereocenters. The number of nitrogens with zero attached hydrogens (tertiary/aromatic N) is 2. The molecule has 2 heterocycles. The smallest absolute Gasteiger partial charge is 0.475 e. The molecule has 1 aliphatic heterocycles. The predicted octanol–water partition coefficient (Wildman–Crippen LogP) is 4.61. The van der Waals surface area contributed by atoms with Gasteiger partial charge in [0.15, 0.2) is 9.84 Å². The van der Waals surface area contributed by atoms with Gasteiger partial charge in [-0.15, -0.1) is 0 Å². The van der Waals surface area contributed by atoms with Gasteiger partial charge in [-0.05, 0) is 49.6 Å². The van der Waals surface area contributed by atoms with Crippen LogP contribution in [0.3, 0.4) is 0 Å². The van der Waals surface area contributed by atoms with E-state index < -0.39 is 56.4 Å². The van der Waals surface area contributed by atoms with E-state index >= 15 is 0 Å². The number of aliphatic carboxylic acids is 1. The second-order valence-corrected chi connectivity index (χ2v) is 12.6. The maximum absolute atomic E-state index is 14.8. The van der Waals surface area contributed by atoms with E-state index in [1.54, 1.807) is 6.07 Å². The lowest BCUT2D eigenvalue weighted by Crippen LogP contribution is -2.56. The Morgan fingerprint density at radius 2 is 1.80 bits per heavy atom. The number of nitrogens with one attached hydrogen (secondary N) is 1. The topological polar surface area (TPSA) is 152 Å². The van der Waals surface area contributed by atoms with Crippen molar-refractivity contribution in [1.29, 1.82) is 0 Å². The number of benzene rings is 1. The van der Waals surface area contributed by atoms with E-state index in [1.165, 1.54) is 32.2 Å². The zero-order valence-electron chi connectivity index (χ0n) is 21.6. The maximum Gasteiger partial charge on any atom is 0.490 e. The van der Waals surface area contributed by atoms with E-state index in [0.717, 1.165) is 6.07 Å². The lowest BCUT2D eigenvalue weighted by molar-refractivity contribution is -0.192. The second kappa shape index (κ2) is 11.6. The summed E-state index contributed by atoms with van der Waals surface area (Å²) in [6.45, 7) is 5.17. The maximum atomic E-state index is 14.8. The first kappa shape index (κ1) is 32.9. The molecule has 0 saturated carbocycles. The molecule has 9 nitrogen and oxygen atoms in total. The standard InChI is InChI=1S/C22H25ClF2N4O3S.C2HF3O2/c1-12(2)15-7-13(23)9-27-18(15)19(30)28-14-5-6-17(25)16(8-14)22(10-24)11-33(31,32)21(3,4)20(26)29-22;3-2(4,5)1(6)7/h5-9,12H,10-11H2,1-4H3,(H2,26,29)(H,28,30);(H,6,7)/t22-;/m0./s1. The lowest BCUT2D eigenvalue weighted by Gasteiger charge is -2.38. The first-order valence-corrected chi connectivity index (χ1v) is 13.4. The fourth-order valence-electron chi connectivity index (χ4n) is 3.56. The Bertz CT molecular complexity index is 1450. The molecule has 1 aliphatic rings. The van der Waals surface area contributed by atoms with Gasteiger partial charge in [0.25, 0.3) is 5.91 Å². The summed E-state index contributed by atoms with van der Waals surface area (Å²) in [5.41, 5.74) is 4.34. The van der Waals surface area contributed by atoms with Crippen LogP contribution in [-0.2, 0) is 20.2 Å². The van der Waals surface area contributed by atoms with Crippen molar-refractivity contribution in [2.45, 2.75) is 50.1 Å². The van der Waals surface area contributed by atoms with Crippen molar-refractivity contribution in [3.8, 4) is 0 Å². The van der Waals surface area contributed by atoms with Crippen molar-refractivity contribution in [2.75, 3.05) is 17.7 Å². The lowest BCUT2D eigenvalue weighted by atomic mass is 9.91. The molecule has 0 aliphatic carbocycles. The Morgan fingerprint density at radius 3 is 2.27 bits per heavy atom. The first-order valence-electron chi connectivity index (χ1n) is 11.4. The van der Waals surface area contributed by atoms with E-state index in [-0.39, 0.29) is 28.7 Å². The molecule has 2 aromatic rings. The highest BCUT2D eigenvalue weighted by Gasteiger charge is 2.52. The summed E-state index contributed by atoms with van der Waals surface area (Å²) in [5, 5.41) is 10.1. The molecule has 0 spiro atoms. The van der Waals surface area contributed by atoms with E-state index in [4.69, 9.17) is 27.2 Å². The van der Waals surface area contributed by atoms with Gasteiger partial charge >= 0.3 is 12.1 Å². The van der Waals surface area contributed by atoms with Gasteiger partial charge < -0.3 is 16.2 Å². The molecule has 1 aromatic heterocycles. The third-order valence-electron chi connectivity index (χ3n) is 6.07. The van der Waals surface area contributed by atoms with Gasteiger partial charge in [-0.2, -0.15) is 13.2 Å². The Morgan fingerprint density at radius 1 is 1.23 bits per heavy atom. The Balaban J connectivity index is 0.000000708. The third kappa shape index (κ3) is 6.86. The van der Waals surface area contributed by atoms with E-state index in [0.29, 0.717) is 10.6 Å². The molecule has 1 aromatic carbocycles. The fourth-order valence-corrected chi connectivity index (χ4v) is 5.38. The number of carbonyl (C=O) groups excluding carboxylic acids is 1. The van der Waals surface area contributed by atoms with Gasteiger partial charge in [-0.25, -0.2) is 27.0 Å². The number of aliphatic imine (C=N–C) groups is 1. The quantitative estimate of drug-likeness (QED) is 0.417. The number of amidine groups is 1. The SMILES string of the molecule is CC(C)c1cc(Cl)cnc1C(=O)Nc1ccc(F)c([C@]2(CF)CS(=O)(=O)C(C)(C)C(N)=N2)c1.O=C(O)C(F)(F)F. The zero-order chi connectivity index (χ0) is 30.8. The van der Waals surface area contributed by atoms with Crippen molar-refractivity contribution in [3.63, 3.8) is 0 Å². The Kier molecular flexibility index (Phi) is 9.57. The number of nitrogens with two attached hydrogens (primary N) is 1. The highest BCUT2D eigenvalue weighted by atomic mass is 35.5. The molecule has 16 heteroatoms. The van der Waals surface area contributed by atoms with Gasteiger partial charge in [0.2, 0.25) is 0 Å². The van der Waals surface area contributed by atoms with E-state index in [1.807, 2.05) is 13.8 Å². The van der Waals surface area contributed by atoms with Gasteiger partial charge in [0, 0.05) is 17.4 Å². The third-order valence-corrected chi connectivity index (χ3v) is 8.90.